The smallest absolute Gasteiger partial charge is 0.416 e. The molecule has 2 aliphatic heterocycles. The topological polar surface area (TPSA) is 78.2 Å². The Morgan fingerprint density at radius 3 is 2.56 bits per heavy atom. The van der Waals surface area contributed by atoms with Gasteiger partial charge in [0.1, 0.15) is 29.8 Å². The summed E-state index contributed by atoms with van der Waals surface area (Å²) in [5.41, 5.74) is 1.80. The lowest BCUT2D eigenvalue weighted by molar-refractivity contribution is -0.174. The van der Waals surface area contributed by atoms with E-state index in [2.05, 4.69) is 37.7 Å². The van der Waals surface area contributed by atoms with Gasteiger partial charge in [0, 0.05) is 17.3 Å². The van der Waals surface area contributed by atoms with Gasteiger partial charge < -0.3 is 14.5 Å². The molecule has 0 amide bonds. The summed E-state index contributed by atoms with van der Waals surface area (Å²) in [5.74, 6) is -1.94. The number of pyridine rings is 1. The number of anilines is 1. The molecule has 39 heavy (non-hydrogen) atoms. The molecule has 0 radical (unpaired) electrons. The van der Waals surface area contributed by atoms with E-state index in [4.69, 9.17) is 0 Å². The Morgan fingerprint density at radius 1 is 1.13 bits per heavy atom. The molecule has 3 aromatic rings. The number of alkyl halides is 2. The summed E-state index contributed by atoms with van der Waals surface area (Å²) in [7, 11) is 2.07. The quantitative estimate of drug-likeness (QED) is 0.407. The van der Waals surface area contributed by atoms with Gasteiger partial charge in [-0.15, -0.1) is 0 Å². The Bertz CT molecular complexity index is 1430. The Morgan fingerprint density at radius 2 is 1.87 bits per heavy atom. The zero-order valence-electron chi connectivity index (χ0n) is 21.9. The van der Waals surface area contributed by atoms with Gasteiger partial charge in [-0.1, -0.05) is 6.07 Å². The number of halogens is 4. The van der Waals surface area contributed by atoms with Gasteiger partial charge in [-0.3, -0.25) is 0 Å². The van der Waals surface area contributed by atoms with E-state index in [0.717, 1.165) is 43.8 Å². The number of nitrogens with zero attached hydrogens (tertiary/aromatic N) is 6. The third-order valence-corrected chi connectivity index (χ3v) is 7.22. The lowest BCUT2D eigenvalue weighted by Gasteiger charge is -2.38. The van der Waals surface area contributed by atoms with E-state index in [1.54, 1.807) is 13.8 Å². The number of aromatic nitrogens is 3. The Labute approximate surface area is 224 Å². The van der Waals surface area contributed by atoms with Crippen LogP contribution in [0.5, 0.6) is 5.75 Å². The van der Waals surface area contributed by atoms with Crippen LogP contribution in [0.3, 0.4) is 0 Å². The average molecular weight is 541 g/mol. The maximum Gasteiger partial charge on any atom is 0.416 e. The van der Waals surface area contributed by atoms with E-state index < -0.39 is 36.1 Å². The van der Waals surface area contributed by atoms with Gasteiger partial charge in [-0.2, -0.15) is 14.0 Å². The van der Waals surface area contributed by atoms with Crippen molar-refractivity contribution in [3.63, 3.8) is 0 Å². The van der Waals surface area contributed by atoms with Crippen molar-refractivity contribution in [2.24, 2.45) is 0 Å². The third kappa shape index (κ3) is 5.52. The van der Waals surface area contributed by atoms with E-state index >= 15 is 0 Å². The van der Waals surface area contributed by atoms with Gasteiger partial charge in [-0.05, 0) is 76.5 Å². The highest BCUT2D eigenvalue weighted by Gasteiger charge is 2.43. The highest BCUT2D eigenvalue weighted by Crippen LogP contribution is 2.43. The molecule has 1 fully saturated rings. The van der Waals surface area contributed by atoms with Crippen molar-refractivity contribution in [2.75, 3.05) is 31.6 Å². The third-order valence-electron chi connectivity index (χ3n) is 7.22. The summed E-state index contributed by atoms with van der Waals surface area (Å²) >= 11 is 0. The Balaban J connectivity index is 1.45. The molecule has 0 bridgehead atoms. The first kappa shape index (κ1) is 26.8. The summed E-state index contributed by atoms with van der Waals surface area (Å²) < 4.78 is 62.6. The first-order chi connectivity index (χ1) is 18.5. The van der Waals surface area contributed by atoms with Crippen LogP contribution >= 0.6 is 0 Å². The largest absolute Gasteiger partial charge is 0.426 e. The van der Waals surface area contributed by atoms with Crippen LogP contribution in [-0.4, -0.2) is 58.7 Å². The maximum atomic E-state index is 15.0. The van der Waals surface area contributed by atoms with Crippen LogP contribution in [0.1, 0.15) is 55.4 Å². The van der Waals surface area contributed by atoms with Crippen molar-refractivity contribution >= 4 is 5.69 Å². The molecule has 0 spiro atoms. The summed E-state index contributed by atoms with van der Waals surface area (Å²) in [5, 5.41) is 9.74. The number of benzene rings is 1. The van der Waals surface area contributed by atoms with Crippen LogP contribution in [0.15, 0.2) is 30.5 Å². The van der Waals surface area contributed by atoms with Gasteiger partial charge in [-0.25, -0.2) is 23.7 Å². The van der Waals surface area contributed by atoms with Crippen molar-refractivity contribution in [2.45, 2.75) is 51.2 Å². The molecular formula is C28H28F4N6O. The van der Waals surface area contributed by atoms with Crippen molar-refractivity contribution in [3.05, 3.63) is 64.9 Å². The molecule has 5 rings (SSSR count). The number of fused-ring (bicyclic) bond motifs is 1. The fourth-order valence-electron chi connectivity index (χ4n) is 5.16. The van der Waals surface area contributed by atoms with Crippen molar-refractivity contribution in [3.8, 4) is 23.1 Å². The second-order valence-electron chi connectivity index (χ2n) is 10.4. The molecular weight excluding hydrogens is 512 g/mol. The zero-order valence-corrected chi connectivity index (χ0v) is 21.9. The average Bonchev–Trinajstić information content (AvgIpc) is 2.90. The zero-order chi connectivity index (χ0) is 27.9. The monoisotopic (exact) mass is 540 g/mol. The molecule has 11 heteroatoms. The summed E-state index contributed by atoms with van der Waals surface area (Å²) in [4.78, 5) is 16.5. The molecule has 0 aliphatic carbocycles. The normalized spacial score (nSPS) is 17.6. The number of rotatable bonds is 5. The fraction of sp³-hybridized carbons (Fsp3) is 0.429. The van der Waals surface area contributed by atoms with Crippen LogP contribution in [0, 0.1) is 23.0 Å². The van der Waals surface area contributed by atoms with E-state index in [0.29, 0.717) is 11.4 Å². The molecule has 2 aromatic heterocycles. The highest BCUT2D eigenvalue weighted by molar-refractivity contribution is 5.72. The predicted molar refractivity (Wildman–Crippen MR) is 137 cm³/mol. The number of nitriles is 1. The van der Waals surface area contributed by atoms with Crippen molar-refractivity contribution in [1.29, 1.82) is 5.26 Å². The molecule has 2 aliphatic rings. The van der Waals surface area contributed by atoms with E-state index in [9.17, 15) is 22.8 Å². The maximum absolute atomic E-state index is 15.0. The number of likely N-dealkylation sites (tertiary alicyclic amines) is 1. The first-order valence-electron chi connectivity index (χ1n) is 12.8. The lowest BCUT2D eigenvalue weighted by atomic mass is 9.88. The van der Waals surface area contributed by atoms with Gasteiger partial charge in [0.25, 0.3) is 0 Å². The molecule has 4 heterocycles. The highest BCUT2D eigenvalue weighted by atomic mass is 19.3. The second kappa shape index (κ2) is 10.4. The second-order valence-corrected chi connectivity index (χ2v) is 10.4. The van der Waals surface area contributed by atoms with E-state index in [1.807, 2.05) is 12.1 Å². The van der Waals surface area contributed by atoms with Gasteiger partial charge in [0.2, 0.25) is 0 Å². The Hall–Kier alpha value is -3.78. The van der Waals surface area contributed by atoms with Gasteiger partial charge in [0.15, 0.2) is 17.4 Å². The van der Waals surface area contributed by atoms with Crippen LogP contribution in [-0.2, 0) is 6.42 Å². The molecule has 0 atom stereocenters. The molecule has 0 saturated carbocycles. The van der Waals surface area contributed by atoms with Crippen LogP contribution in [0.2, 0.25) is 0 Å². The summed E-state index contributed by atoms with van der Waals surface area (Å²) in [6, 6.07) is 7.85. The number of piperidine rings is 1. The van der Waals surface area contributed by atoms with Crippen molar-refractivity contribution in [1.82, 2.24) is 19.9 Å². The van der Waals surface area contributed by atoms with Crippen molar-refractivity contribution < 1.29 is 22.3 Å². The standard InChI is InChI=1S/C28H28F4N6O/c1-16(2)38-15-28(31,32)39-27-21(29)10-18(11-24(27)38)26-22(30)14-34-25(36-26)12-19-4-5-20(23(13-33)35-19)17-6-8-37(3)9-7-17/h4-5,10-11,14,16-17H,6-9,12,15H2,1-3H3. The van der Waals surface area contributed by atoms with Gasteiger partial charge >= 0.3 is 6.11 Å². The lowest BCUT2D eigenvalue weighted by Crippen LogP contribution is -2.48. The predicted octanol–water partition coefficient (Wildman–Crippen LogP) is 5.29. The number of ether oxygens (including phenoxy) is 1. The van der Waals surface area contributed by atoms with Crippen LogP contribution in [0.25, 0.3) is 11.3 Å². The summed E-state index contributed by atoms with van der Waals surface area (Å²) in [6.45, 7) is 4.53. The minimum absolute atomic E-state index is 0.0650. The van der Waals surface area contributed by atoms with Crippen LogP contribution < -0.4 is 9.64 Å². The molecule has 7 nitrogen and oxygen atoms in total. The van der Waals surface area contributed by atoms with Gasteiger partial charge in [0.05, 0.1) is 18.3 Å². The molecule has 204 valence electrons. The minimum Gasteiger partial charge on any atom is -0.426 e. The number of hydrogen-bond donors (Lipinski definition) is 0. The molecule has 1 saturated heterocycles. The molecule has 0 unspecified atom stereocenters. The SMILES string of the molecule is CC(C)N1CC(F)(F)Oc2c(F)cc(-c3nc(Cc4ccc(C5CCN(C)CC5)c(C#N)n4)ncc3F)cc21. The minimum atomic E-state index is -3.56. The van der Waals surface area contributed by atoms with E-state index in [1.165, 1.54) is 11.0 Å². The molecule has 0 N–H and O–H groups in total. The summed E-state index contributed by atoms with van der Waals surface area (Å²) in [6.07, 6.45) is -0.560. The fourth-order valence-corrected chi connectivity index (χ4v) is 5.16. The number of hydrogen-bond acceptors (Lipinski definition) is 7. The van der Waals surface area contributed by atoms with Crippen LogP contribution in [0.4, 0.5) is 23.2 Å². The molecule has 1 aromatic carbocycles. The van der Waals surface area contributed by atoms with E-state index in [-0.39, 0.29) is 35.1 Å². The first-order valence-corrected chi connectivity index (χ1v) is 12.8. The Kier molecular flexibility index (Phi) is 7.16.